The predicted octanol–water partition coefficient (Wildman–Crippen LogP) is 3.31. The molecule has 8 heteroatoms. The number of carbonyl (C=O) groups is 2. The standard InChI is InChI=1S/C18H14Cl2N4O2/c19-14-6-7-16(20)15(8-14)18(26)23-22-17(25)13-9-21-24(11-13)10-12-4-2-1-3-5-12/h1-9,11H,10H2,(H,22,25)(H,23,26). The highest BCUT2D eigenvalue weighted by molar-refractivity contribution is 6.35. The maximum Gasteiger partial charge on any atom is 0.272 e. The van der Waals surface area contributed by atoms with E-state index in [0.29, 0.717) is 17.1 Å². The summed E-state index contributed by atoms with van der Waals surface area (Å²) >= 11 is 11.8. The number of halogens is 2. The van der Waals surface area contributed by atoms with Crippen LogP contribution in [0.1, 0.15) is 26.3 Å². The number of nitrogens with zero attached hydrogens (tertiary/aromatic N) is 2. The van der Waals surface area contributed by atoms with Crippen molar-refractivity contribution in [3.63, 3.8) is 0 Å². The van der Waals surface area contributed by atoms with E-state index < -0.39 is 11.8 Å². The second kappa shape index (κ2) is 8.03. The zero-order chi connectivity index (χ0) is 18.5. The van der Waals surface area contributed by atoms with Crippen molar-refractivity contribution in [2.24, 2.45) is 0 Å². The molecule has 0 bridgehead atoms. The van der Waals surface area contributed by atoms with Gasteiger partial charge in [0.05, 0.1) is 28.9 Å². The molecule has 0 atom stereocenters. The minimum Gasteiger partial charge on any atom is -0.268 e. The lowest BCUT2D eigenvalue weighted by Gasteiger charge is -2.08. The van der Waals surface area contributed by atoms with Crippen LogP contribution in [0.2, 0.25) is 10.0 Å². The maximum absolute atomic E-state index is 12.2. The Morgan fingerprint density at radius 2 is 1.73 bits per heavy atom. The first-order valence-electron chi connectivity index (χ1n) is 7.65. The number of rotatable bonds is 4. The van der Waals surface area contributed by atoms with Crippen LogP contribution < -0.4 is 10.9 Å². The molecule has 3 rings (SSSR count). The number of nitrogens with one attached hydrogen (secondary N) is 2. The number of hydrazine groups is 1. The van der Waals surface area contributed by atoms with Crippen molar-refractivity contribution in [2.75, 3.05) is 0 Å². The average molecular weight is 389 g/mol. The van der Waals surface area contributed by atoms with Crippen molar-refractivity contribution in [2.45, 2.75) is 6.54 Å². The molecule has 0 aliphatic rings. The summed E-state index contributed by atoms with van der Waals surface area (Å²) < 4.78 is 1.64. The summed E-state index contributed by atoms with van der Waals surface area (Å²) in [5.74, 6) is -1.06. The van der Waals surface area contributed by atoms with E-state index in [-0.39, 0.29) is 10.6 Å². The van der Waals surface area contributed by atoms with Crippen molar-refractivity contribution in [1.82, 2.24) is 20.6 Å². The van der Waals surface area contributed by atoms with Crippen LogP contribution in [-0.2, 0) is 6.54 Å². The highest BCUT2D eigenvalue weighted by atomic mass is 35.5. The molecule has 1 heterocycles. The third kappa shape index (κ3) is 4.41. The van der Waals surface area contributed by atoms with Gasteiger partial charge < -0.3 is 0 Å². The van der Waals surface area contributed by atoms with Gasteiger partial charge in [-0.3, -0.25) is 25.1 Å². The van der Waals surface area contributed by atoms with E-state index in [2.05, 4.69) is 16.0 Å². The molecule has 0 unspecified atom stereocenters. The molecule has 0 aliphatic heterocycles. The fourth-order valence-electron chi connectivity index (χ4n) is 2.26. The van der Waals surface area contributed by atoms with Crippen molar-refractivity contribution in [3.05, 3.63) is 87.7 Å². The fourth-order valence-corrected chi connectivity index (χ4v) is 2.64. The monoisotopic (exact) mass is 388 g/mol. The number of hydrogen-bond acceptors (Lipinski definition) is 3. The highest BCUT2D eigenvalue weighted by Gasteiger charge is 2.14. The molecule has 0 spiro atoms. The summed E-state index contributed by atoms with van der Waals surface area (Å²) in [4.78, 5) is 24.3. The van der Waals surface area contributed by atoms with Gasteiger partial charge in [0, 0.05) is 11.2 Å². The van der Waals surface area contributed by atoms with E-state index in [1.165, 1.54) is 18.3 Å². The van der Waals surface area contributed by atoms with Crippen molar-refractivity contribution in [1.29, 1.82) is 0 Å². The number of carbonyl (C=O) groups excluding carboxylic acids is 2. The third-order valence-electron chi connectivity index (χ3n) is 3.55. The molecule has 132 valence electrons. The summed E-state index contributed by atoms with van der Waals surface area (Å²) in [6.45, 7) is 0.540. The van der Waals surface area contributed by atoms with Gasteiger partial charge in [0.2, 0.25) is 0 Å². The topological polar surface area (TPSA) is 76.0 Å². The molecule has 0 saturated heterocycles. The van der Waals surface area contributed by atoms with Crippen LogP contribution in [0.15, 0.2) is 60.9 Å². The van der Waals surface area contributed by atoms with Crippen molar-refractivity contribution in [3.8, 4) is 0 Å². The minimum atomic E-state index is -0.567. The van der Waals surface area contributed by atoms with E-state index >= 15 is 0 Å². The van der Waals surface area contributed by atoms with Crippen LogP contribution >= 0.6 is 23.2 Å². The molecular formula is C18H14Cl2N4O2. The molecule has 6 nitrogen and oxygen atoms in total. The van der Waals surface area contributed by atoms with Gasteiger partial charge in [0.1, 0.15) is 0 Å². The van der Waals surface area contributed by atoms with Crippen LogP contribution in [0, 0.1) is 0 Å². The Bertz CT molecular complexity index is 941. The molecule has 0 saturated carbocycles. The first kappa shape index (κ1) is 18.0. The molecule has 2 amide bonds. The molecule has 0 radical (unpaired) electrons. The van der Waals surface area contributed by atoms with Gasteiger partial charge in [-0.25, -0.2) is 0 Å². The molecule has 26 heavy (non-hydrogen) atoms. The van der Waals surface area contributed by atoms with Gasteiger partial charge in [-0.15, -0.1) is 0 Å². The van der Waals surface area contributed by atoms with Crippen LogP contribution in [-0.4, -0.2) is 21.6 Å². The first-order valence-corrected chi connectivity index (χ1v) is 8.40. The van der Waals surface area contributed by atoms with Crippen LogP contribution in [0.3, 0.4) is 0 Å². The van der Waals surface area contributed by atoms with Gasteiger partial charge in [0.15, 0.2) is 0 Å². The van der Waals surface area contributed by atoms with E-state index in [1.807, 2.05) is 30.3 Å². The zero-order valence-electron chi connectivity index (χ0n) is 13.4. The fraction of sp³-hybridized carbons (Fsp3) is 0.0556. The van der Waals surface area contributed by atoms with E-state index in [0.717, 1.165) is 5.56 Å². The van der Waals surface area contributed by atoms with Gasteiger partial charge in [-0.1, -0.05) is 53.5 Å². The highest BCUT2D eigenvalue weighted by Crippen LogP contribution is 2.20. The number of aromatic nitrogens is 2. The van der Waals surface area contributed by atoms with Crippen LogP contribution in [0.5, 0.6) is 0 Å². The molecule has 2 aromatic carbocycles. The second-order valence-electron chi connectivity index (χ2n) is 5.44. The lowest BCUT2D eigenvalue weighted by Crippen LogP contribution is -2.41. The Morgan fingerprint density at radius 3 is 2.50 bits per heavy atom. The maximum atomic E-state index is 12.2. The zero-order valence-corrected chi connectivity index (χ0v) is 15.0. The molecule has 0 aliphatic carbocycles. The summed E-state index contributed by atoms with van der Waals surface area (Å²) in [7, 11) is 0. The second-order valence-corrected chi connectivity index (χ2v) is 6.29. The summed E-state index contributed by atoms with van der Waals surface area (Å²) in [6, 6.07) is 14.2. The molecule has 0 fully saturated rings. The third-order valence-corrected chi connectivity index (χ3v) is 4.11. The smallest absolute Gasteiger partial charge is 0.268 e. The number of amides is 2. The van der Waals surface area contributed by atoms with Gasteiger partial charge in [-0.2, -0.15) is 5.10 Å². The van der Waals surface area contributed by atoms with Crippen molar-refractivity contribution >= 4 is 35.0 Å². The van der Waals surface area contributed by atoms with Gasteiger partial charge in [0.25, 0.3) is 11.8 Å². The lowest BCUT2D eigenvalue weighted by molar-refractivity contribution is 0.0846. The van der Waals surface area contributed by atoms with Crippen LogP contribution in [0.25, 0.3) is 0 Å². The molecule has 2 N–H and O–H groups in total. The predicted molar refractivity (Wildman–Crippen MR) is 99.2 cm³/mol. The Morgan fingerprint density at radius 1 is 1.00 bits per heavy atom. The normalized spacial score (nSPS) is 10.4. The van der Waals surface area contributed by atoms with Gasteiger partial charge in [-0.05, 0) is 23.8 Å². The van der Waals surface area contributed by atoms with Crippen molar-refractivity contribution < 1.29 is 9.59 Å². The summed E-state index contributed by atoms with van der Waals surface area (Å²) in [5, 5.41) is 4.75. The quantitative estimate of drug-likeness (QED) is 0.673. The minimum absolute atomic E-state index is 0.166. The lowest BCUT2D eigenvalue weighted by atomic mass is 10.2. The Hall–Kier alpha value is -2.83. The van der Waals surface area contributed by atoms with E-state index in [4.69, 9.17) is 23.2 Å². The number of hydrogen-bond donors (Lipinski definition) is 2. The SMILES string of the molecule is O=C(NNC(=O)c1cc(Cl)ccc1Cl)c1cnn(Cc2ccccc2)c1. The van der Waals surface area contributed by atoms with Gasteiger partial charge >= 0.3 is 0 Å². The summed E-state index contributed by atoms with van der Waals surface area (Å²) in [6.07, 6.45) is 3.03. The average Bonchev–Trinajstić information content (AvgIpc) is 3.11. The Kier molecular flexibility index (Phi) is 5.55. The van der Waals surface area contributed by atoms with E-state index in [1.54, 1.807) is 16.9 Å². The molecular weight excluding hydrogens is 375 g/mol. The van der Waals surface area contributed by atoms with Crippen LogP contribution in [0.4, 0.5) is 0 Å². The first-order chi connectivity index (χ1) is 12.5. The Labute approximate surface area is 159 Å². The largest absolute Gasteiger partial charge is 0.272 e. The molecule has 1 aromatic heterocycles. The van der Waals surface area contributed by atoms with E-state index in [9.17, 15) is 9.59 Å². The number of benzene rings is 2. The summed E-state index contributed by atoms with van der Waals surface area (Å²) in [5.41, 5.74) is 6.18. The molecule has 3 aromatic rings. The Balaban J connectivity index is 1.60.